The van der Waals surface area contributed by atoms with Crippen LogP contribution < -0.4 is 5.32 Å². The summed E-state index contributed by atoms with van der Waals surface area (Å²) in [6.45, 7) is 8.12. The number of para-hydroxylation sites is 1. The number of amides is 1. The Morgan fingerprint density at radius 3 is 2.28 bits per heavy atom. The summed E-state index contributed by atoms with van der Waals surface area (Å²) in [4.78, 5) is 34.8. The Morgan fingerprint density at radius 2 is 1.74 bits per heavy atom. The van der Waals surface area contributed by atoms with E-state index in [1.54, 1.807) is 18.9 Å². The molecule has 0 radical (unpaired) electrons. The lowest BCUT2D eigenvalue weighted by Gasteiger charge is -2.39. The van der Waals surface area contributed by atoms with Crippen LogP contribution in [0.4, 0.5) is 8.78 Å². The Morgan fingerprint density at radius 1 is 1.12 bits per heavy atom. The molecule has 0 bridgehead atoms. The summed E-state index contributed by atoms with van der Waals surface area (Å²) in [6.07, 6.45) is 2.99. The Balaban J connectivity index is 0.000000708. The van der Waals surface area contributed by atoms with Gasteiger partial charge in [-0.05, 0) is 56.6 Å². The van der Waals surface area contributed by atoms with Crippen molar-refractivity contribution >= 4 is 17.8 Å². The first-order chi connectivity index (χ1) is 20.4. The number of carboxylic acid groups (broad SMARTS) is 2. The monoisotopic (exact) mass is 609 g/mol. The molecule has 1 fully saturated rings. The number of methoxy groups -OCH3 is 1. The fourth-order valence-electron chi connectivity index (χ4n) is 4.73. The number of aliphatic carboxylic acids is 2. The molecular formula is C29H41F2N5O7. The van der Waals surface area contributed by atoms with Crippen molar-refractivity contribution < 1.29 is 43.2 Å². The number of ether oxygens (including phenoxy) is 1. The second kappa shape index (κ2) is 17.4. The normalized spacial score (nSPS) is 17.4. The second-order valence-corrected chi connectivity index (χ2v) is 10.7. The van der Waals surface area contributed by atoms with Gasteiger partial charge in [0.25, 0.3) is 5.91 Å². The van der Waals surface area contributed by atoms with E-state index in [4.69, 9.17) is 14.9 Å². The molecule has 1 amide bonds. The molecule has 1 aliphatic rings. The zero-order chi connectivity index (χ0) is 32.1. The van der Waals surface area contributed by atoms with Gasteiger partial charge >= 0.3 is 11.9 Å². The Hall–Kier alpha value is -3.75. The minimum atomic E-state index is -1.26. The van der Waals surface area contributed by atoms with Crippen LogP contribution in [-0.4, -0.2) is 98.6 Å². The van der Waals surface area contributed by atoms with Gasteiger partial charge < -0.3 is 30.3 Å². The molecule has 3 atom stereocenters. The van der Waals surface area contributed by atoms with E-state index >= 15 is 0 Å². The Kier molecular flexibility index (Phi) is 14.3. The SMILES string of the molecule is COCCCCc1c(C(=O)N(CC(C)C)[C@@H]2CNC[C@H](C(C)O)C2)nnn1-c1c(F)cccc1F.O=C(O)/C=C/C(=O)O. The van der Waals surface area contributed by atoms with Gasteiger partial charge in [0, 0.05) is 51.5 Å². The maximum absolute atomic E-state index is 14.6. The van der Waals surface area contributed by atoms with Crippen LogP contribution >= 0.6 is 0 Å². The molecule has 0 spiro atoms. The summed E-state index contributed by atoms with van der Waals surface area (Å²) < 4.78 is 35.5. The van der Waals surface area contributed by atoms with Gasteiger partial charge in [-0.1, -0.05) is 25.1 Å². The largest absolute Gasteiger partial charge is 0.478 e. The van der Waals surface area contributed by atoms with Crippen LogP contribution in [0.25, 0.3) is 5.69 Å². The van der Waals surface area contributed by atoms with Crippen LogP contribution in [0.2, 0.25) is 0 Å². The van der Waals surface area contributed by atoms with Crippen molar-refractivity contribution in [1.29, 1.82) is 0 Å². The fraction of sp³-hybridized carbons (Fsp3) is 0.552. The summed E-state index contributed by atoms with van der Waals surface area (Å²) >= 11 is 0. The summed E-state index contributed by atoms with van der Waals surface area (Å²) in [7, 11) is 1.61. The number of halogens is 2. The molecule has 2 aromatic rings. The smallest absolute Gasteiger partial charge is 0.328 e. The quantitative estimate of drug-likeness (QED) is 0.196. The Labute approximate surface area is 249 Å². The van der Waals surface area contributed by atoms with Crippen LogP contribution in [-0.2, 0) is 20.7 Å². The van der Waals surface area contributed by atoms with Gasteiger partial charge in [-0.25, -0.2) is 23.1 Å². The minimum absolute atomic E-state index is 0.0212. The molecule has 1 aliphatic heterocycles. The number of hydrogen-bond acceptors (Lipinski definition) is 8. The van der Waals surface area contributed by atoms with Crippen molar-refractivity contribution in [3.05, 3.63) is 53.4 Å². The van der Waals surface area contributed by atoms with Gasteiger partial charge in [0.05, 0.1) is 11.8 Å². The number of hydrogen-bond donors (Lipinski definition) is 4. The van der Waals surface area contributed by atoms with Gasteiger partial charge in [-0.2, -0.15) is 0 Å². The molecule has 1 aromatic heterocycles. The lowest BCUT2D eigenvalue weighted by Crippen LogP contribution is -2.54. The Bertz CT molecular complexity index is 1220. The van der Waals surface area contributed by atoms with E-state index in [2.05, 4.69) is 15.6 Å². The number of aliphatic hydroxyl groups excluding tert-OH is 1. The van der Waals surface area contributed by atoms with Gasteiger partial charge in [-0.15, -0.1) is 5.10 Å². The summed E-state index contributed by atoms with van der Waals surface area (Å²) in [5, 5.41) is 37.2. The third kappa shape index (κ3) is 10.8. The van der Waals surface area contributed by atoms with Crippen molar-refractivity contribution in [3.63, 3.8) is 0 Å². The number of carbonyl (C=O) groups excluding carboxylic acids is 1. The van der Waals surface area contributed by atoms with Crippen molar-refractivity contribution in [3.8, 4) is 5.69 Å². The van der Waals surface area contributed by atoms with Gasteiger partial charge in [0.2, 0.25) is 0 Å². The molecule has 4 N–H and O–H groups in total. The molecule has 0 saturated carbocycles. The average molecular weight is 610 g/mol. The fourth-order valence-corrected chi connectivity index (χ4v) is 4.73. The first-order valence-corrected chi connectivity index (χ1v) is 14.1. The molecule has 3 rings (SSSR count). The van der Waals surface area contributed by atoms with Crippen molar-refractivity contribution in [1.82, 2.24) is 25.2 Å². The number of aromatic nitrogens is 3. The van der Waals surface area contributed by atoms with Crippen LogP contribution in [0.3, 0.4) is 0 Å². The number of carbonyl (C=O) groups is 3. The zero-order valence-corrected chi connectivity index (χ0v) is 24.9. The third-order valence-electron chi connectivity index (χ3n) is 6.80. The lowest BCUT2D eigenvalue weighted by molar-refractivity contribution is -0.134. The molecule has 238 valence electrons. The standard InChI is InChI=1S/C25H37F2N5O3.C4H4O4/c1-16(2)15-31(19-12-18(17(3)33)13-28-14-19)25(34)23-22(10-5-6-11-35-4)32(30-29-23)24-20(26)8-7-9-21(24)27;5-3(6)1-2-4(7)8/h7-9,16-19,28,33H,5-6,10-15H2,1-4H3;1-2H,(H,5,6)(H,7,8)/b;2-1+/t17?,18-,19+;/m1./s1. The van der Waals surface area contributed by atoms with Gasteiger partial charge in [0.15, 0.2) is 17.3 Å². The average Bonchev–Trinajstić information content (AvgIpc) is 3.36. The minimum Gasteiger partial charge on any atom is -0.478 e. The van der Waals surface area contributed by atoms with E-state index in [1.165, 1.54) is 6.07 Å². The third-order valence-corrected chi connectivity index (χ3v) is 6.80. The summed E-state index contributed by atoms with van der Waals surface area (Å²) in [5.74, 6) is -4.17. The number of nitrogens with zero attached hydrogens (tertiary/aromatic N) is 4. The highest BCUT2D eigenvalue weighted by Crippen LogP contribution is 2.25. The number of nitrogens with one attached hydrogen (secondary N) is 1. The maximum Gasteiger partial charge on any atom is 0.328 e. The second-order valence-electron chi connectivity index (χ2n) is 10.7. The van der Waals surface area contributed by atoms with Crippen molar-refractivity contribution in [2.45, 2.75) is 58.6 Å². The maximum atomic E-state index is 14.6. The van der Waals surface area contributed by atoms with Crippen molar-refractivity contribution in [2.24, 2.45) is 11.8 Å². The molecule has 1 saturated heterocycles. The molecule has 43 heavy (non-hydrogen) atoms. The number of unbranched alkanes of at least 4 members (excludes halogenated alkanes) is 1. The highest BCUT2D eigenvalue weighted by Gasteiger charge is 2.35. The molecular weight excluding hydrogens is 568 g/mol. The summed E-state index contributed by atoms with van der Waals surface area (Å²) in [5.41, 5.74) is 0.134. The molecule has 2 heterocycles. The molecule has 1 aromatic carbocycles. The highest BCUT2D eigenvalue weighted by atomic mass is 19.1. The lowest BCUT2D eigenvalue weighted by atomic mass is 9.90. The van der Waals surface area contributed by atoms with E-state index < -0.39 is 29.7 Å². The predicted molar refractivity (Wildman–Crippen MR) is 153 cm³/mol. The van der Waals surface area contributed by atoms with E-state index in [0.717, 1.165) is 16.8 Å². The molecule has 12 nitrogen and oxygen atoms in total. The topological polar surface area (TPSA) is 167 Å². The van der Waals surface area contributed by atoms with Gasteiger partial charge in [0.1, 0.15) is 5.69 Å². The highest BCUT2D eigenvalue weighted by molar-refractivity contribution is 5.93. The van der Waals surface area contributed by atoms with E-state index in [1.807, 2.05) is 13.8 Å². The molecule has 1 unspecified atom stereocenters. The number of carboxylic acids is 2. The van der Waals surface area contributed by atoms with E-state index in [0.29, 0.717) is 69.8 Å². The molecule has 0 aliphatic carbocycles. The first kappa shape index (κ1) is 35.4. The van der Waals surface area contributed by atoms with E-state index in [-0.39, 0.29) is 35.2 Å². The number of benzene rings is 1. The van der Waals surface area contributed by atoms with Gasteiger partial charge in [-0.3, -0.25) is 4.79 Å². The van der Waals surface area contributed by atoms with Crippen LogP contribution in [0.1, 0.15) is 56.2 Å². The summed E-state index contributed by atoms with van der Waals surface area (Å²) in [6, 6.07) is 3.46. The first-order valence-electron chi connectivity index (χ1n) is 14.1. The predicted octanol–water partition coefficient (Wildman–Crippen LogP) is 2.68. The zero-order valence-electron chi connectivity index (χ0n) is 24.9. The molecule has 14 heteroatoms. The number of rotatable bonds is 13. The van der Waals surface area contributed by atoms with E-state index in [9.17, 15) is 28.3 Å². The van der Waals surface area contributed by atoms with Crippen LogP contribution in [0.5, 0.6) is 0 Å². The van der Waals surface area contributed by atoms with Crippen molar-refractivity contribution in [2.75, 3.05) is 33.4 Å². The number of aliphatic hydroxyl groups is 1. The number of piperidine rings is 1. The van der Waals surface area contributed by atoms with Crippen LogP contribution in [0, 0.1) is 23.5 Å². The van der Waals surface area contributed by atoms with Crippen LogP contribution in [0.15, 0.2) is 30.4 Å².